The number of aromatic amines is 1. The van der Waals surface area contributed by atoms with E-state index >= 15 is 0 Å². The van der Waals surface area contributed by atoms with Gasteiger partial charge in [0.25, 0.3) is 5.56 Å². The number of oxime groups is 1. The molecule has 4 aromatic rings. The molecule has 0 radical (unpaired) electrons. The van der Waals surface area contributed by atoms with Crippen LogP contribution in [-0.4, -0.2) is 10.7 Å². The van der Waals surface area contributed by atoms with Gasteiger partial charge < -0.3 is 9.82 Å². The second-order valence-electron chi connectivity index (χ2n) is 7.55. The minimum atomic E-state index is -0.286. The highest BCUT2D eigenvalue weighted by molar-refractivity contribution is 6.31. The van der Waals surface area contributed by atoms with E-state index in [9.17, 15) is 4.79 Å². The number of fused-ring (bicyclic) bond motifs is 2. The standard InChI is InChI=1S/C26H23ClN2O2/c1-4-7-16(2)29-31-17(3)24-25(20-11-10-18-8-5-6-9-19(18)14-20)22-15-21(27)12-13-23(22)28-26(24)30/h5-6,8-15H,3-4,7H2,1-2H3,(H,28,30)/b29-16-. The van der Waals surface area contributed by atoms with E-state index in [2.05, 4.69) is 35.8 Å². The average Bonchev–Trinajstić information content (AvgIpc) is 2.77. The number of hydrogen-bond donors (Lipinski definition) is 1. The van der Waals surface area contributed by atoms with Crippen LogP contribution < -0.4 is 5.56 Å². The Morgan fingerprint density at radius 2 is 1.87 bits per heavy atom. The van der Waals surface area contributed by atoms with Gasteiger partial charge in [0.1, 0.15) is 0 Å². The molecule has 4 nitrogen and oxygen atoms in total. The molecule has 0 aliphatic heterocycles. The van der Waals surface area contributed by atoms with E-state index in [0.29, 0.717) is 16.1 Å². The number of hydrogen-bond acceptors (Lipinski definition) is 3. The molecule has 1 N–H and O–H groups in total. The van der Waals surface area contributed by atoms with Crippen molar-refractivity contribution >= 4 is 44.7 Å². The highest BCUT2D eigenvalue weighted by Crippen LogP contribution is 2.35. The molecule has 0 spiro atoms. The van der Waals surface area contributed by atoms with Crippen LogP contribution in [0, 0.1) is 0 Å². The second-order valence-corrected chi connectivity index (χ2v) is 7.98. The summed E-state index contributed by atoms with van der Waals surface area (Å²) >= 11 is 6.31. The molecule has 156 valence electrons. The highest BCUT2D eigenvalue weighted by Gasteiger charge is 2.19. The zero-order valence-electron chi connectivity index (χ0n) is 17.5. The first-order chi connectivity index (χ1) is 15.0. The number of pyridine rings is 1. The molecule has 1 heterocycles. The lowest BCUT2D eigenvalue weighted by Crippen LogP contribution is -2.14. The van der Waals surface area contributed by atoms with Gasteiger partial charge in [0.05, 0.1) is 11.3 Å². The molecule has 0 fully saturated rings. The Bertz CT molecular complexity index is 1390. The number of H-pyrrole nitrogens is 1. The Hall–Kier alpha value is -3.37. The van der Waals surface area contributed by atoms with Crippen LogP contribution in [0.1, 0.15) is 32.3 Å². The molecule has 0 saturated heterocycles. The van der Waals surface area contributed by atoms with Gasteiger partial charge >= 0.3 is 0 Å². The lowest BCUT2D eigenvalue weighted by atomic mass is 9.94. The largest absolute Gasteiger partial charge is 0.357 e. The Morgan fingerprint density at radius 1 is 1.10 bits per heavy atom. The van der Waals surface area contributed by atoms with E-state index in [1.807, 2.05) is 43.3 Å². The maximum absolute atomic E-state index is 13.1. The van der Waals surface area contributed by atoms with Crippen LogP contribution in [0.5, 0.6) is 0 Å². The molecule has 3 aromatic carbocycles. The predicted molar refractivity (Wildman–Crippen MR) is 131 cm³/mol. The number of rotatable bonds is 6. The molecule has 0 unspecified atom stereocenters. The lowest BCUT2D eigenvalue weighted by Gasteiger charge is -2.14. The lowest BCUT2D eigenvalue weighted by molar-refractivity contribution is 0.297. The van der Waals surface area contributed by atoms with Gasteiger partial charge in [0.15, 0.2) is 5.76 Å². The Labute approximate surface area is 185 Å². The molecule has 4 rings (SSSR count). The number of benzene rings is 3. The van der Waals surface area contributed by atoms with E-state index in [1.54, 1.807) is 12.1 Å². The molecular weight excluding hydrogens is 408 g/mol. The molecule has 1 aromatic heterocycles. The van der Waals surface area contributed by atoms with Crippen molar-refractivity contribution in [2.24, 2.45) is 5.16 Å². The maximum atomic E-state index is 13.1. The van der Waals surface area contributed by atoms with Gasteiger partial charge in [-0.15, -0.1) is 0 Å². The third kappa shape index (κ3) is 4.25. The average molecular weight is 431 g/mol. The molecular formula is C26H23ClN2O2. The number of aromatic nitrogens is 1. The summed E-state index contributed by atoms with van der Waals surface area (Å²) in [5, 5.41) is 7.74. The summed E-state index contributed by atoms with van der Waals surface area (Å²) in [5.41, 5.74) is 3.20. The Kier molecular flexibility index (Phi) is 5.92. The van der Waals surface area contributed by atoms with E-state index in [0.717, 1.165) is 45.8 Å². The summed E-state index contributed by atoms with van der Waals surface area (Å²) < 4.78 is 0. The topological polar surface area (TPSA) is 54.4 Å². The van der Waals surface area contributed by atoms with Gasteiger partial charge in [-0.3, -0.25) is 4.79 Å². The van der Waals surface area contributed by atoms with Crippen LogP contribution in [-0.2, 0) is 4.84 Å². The monoisotopic (exact) mass is 430 g/mol. The third-order valence-corrected chi connectivity index (χ3v) is 5.45. The zero-order chi connectivity index (χ0) is 22.0. The van der Waals surface area contributed by atoms with Crippen molar-refractivity contribution in [1.29, 1.82) is 0 Å². The quantitative estimate of drug-likeness (QED) is 0.200. The number of nitrogens with one attached hydrogen (secondary N) is 1. The molecule has 0 saturated carbocycles. The van der Waals surface area contributed by atoms with Crippen molar-refractivity contribution in [3.05, 3.63) is 88.2 Å². The van der Waals surface area contributed by atoms with Crippen LogP contribution in [0.2, 0.25) is 5.02 Å². The molecule has 0 bridgehead atoms. The SMILES string of the molecule is C=C(O/N=C(/C)CCC)c1c(-c2ccc3ccccc3c2)c2cc(Cl)ccc2[nH]c1=O. The summed E-state index contributed by atoms with van der Waals surface area (Å²) in [6.07, 6.45) is 1.77. The summed E-state index contributed by atoms with van der Waals surface area (Å²) in [6, 6.07) is 19.6. The minimum absolute atomic E-state index is 0.196. The summed E-state index contributed by atoms with van der Waals surface area (Å²) in [7, 11) is 0. The first-order valence-electron chi connectivity index (χ1n) is 10.2. The van der Waals surface area contributed by atoms with Crippen molar-refractivity contribution in [1.82, 2.24) is 4.98 Å². The van der Waals surface area contributed by atoms with Crippen LogP contribution in [0.3, 0.4) is 0 Å². The van der Waals surface area contributed by atoms with Crippen molar-refractivity contribution in [2.75, 3.05) is 0 Å². The van der Waals surface area contributed by atoms with Crippen molar-refractivity contribution in [3.8, 4) is 11.1 Å². The summed E-state index contributed by atoms with van der Waals surface area (Å²) in [5.74, 6) is 0.196. The van der Waals surface area contributed by atoms with Crippen LogP contribution in [0.25, 0.3) is 38.6 Å². The number of halogens is 1. The fourth-order valence-corrected chi connectivity index (χ4v) is 3.93. The smallest absolute Gasteiger partial charge is 0.260 e. The van der Waals surface area contributed by atoms with Gasteiger partial charge in [0, 0.05) is 21.5 Å². The van der Waals surface area contributed by atoms with Crippen LogP contribution in [0.4, 0.5) is 0 Å². The fraction of sp³-hybridized carbons (Fsp3) is 0.154. The van der Waals surface area contributed by atoms with Gasteiger partial charge in [-0.25, -0.2) is 0 Å². The maximum Gasteiger partial charge on any atom is 0.260 e. The van der Waals surface area contributed by atoms with Crippen LogP contribution in [0.15, 0.2) is 77.2 Å². The summed E-state index contributed by atoms with van der Waals surface area (Å²) in [6.45, 7) is 7.98. The van der Waals surface area contributed by atoms with E-state index < -0.39 is 0 Å². The Balaban J connectivity index is 1.97. The molecule has 0 amide bonds. The highest BCUT2D eigenvalue weighted by atomic mass is 35.5. The molecule has 0 atom stereocenters. The number of nitrogens with zero attached hydrogens (tertiary/aromatic N) is 1. The van der Waals surface area contributed by atoms with E-state index in [-0.39, 0.29) is 11.3 Å². The molecule has 0 aliphatic rings. The van der Waals surface area contributed by atoms with Gasteiger partial charge in [0.2, 0.25) is 0 Å². The van der Waals surface area contributed by atoms with Gasteiger partial charge in [-0.05, 0) is 53.9 Å². The van der Waals surface area contributed by atoms with Crippen molar-refractivity contribution < 1.29 is 4.84 Å². The molecule has 0 aliphatic carbocycles. The van der Waals surface area contributed by atoms with Crippen molar-refractivity contribution in [3.63, 3.8) is 0 Å². The molecule has 31 heavy (non-hydrogen) atoms. The molecule has 5 heteroatoms. The van der Waals surface area contributed by atoms with Crippen LogP contribution >= 0.6 is 11.6 Å². The van der Waals surface area contributed by atoms with E-state index in [4.69, 9.17) is 16.4 Å². The second kappa shape index (κ2) is 8.78. The first-order valence-corrected chi connectivity index (χ1v) is 10.6. The van der Waals surface area contributed by atoms with Gasteiger partial charge in [-0.1, -0.05) is 73.1 Å². The van der Waals surface area contributed by atoms with Gasteiger partial charge in [-0.2, -0.15) is 0 Å². The zero-order valence-corrected chi connectivity index (χ0v) is 18.3. The van der Waals surface area contributed by atoms with Crippen molar-refractivity contribution in [2.45, 2.75) is 26.7 Å². The summed E-state index contributed by atoms with van der Waals surface area (Å²) in [4.78, 5) is 21.6. The minimum Gasteiger partial charge on any atom is -0.357 e. The van der Waals surface area contributed by atoms with E-state index in [1.165, 1.54) is 0 Å². The fourth-order valence-electron chi connectivity index (χ4n) is 3.76. The first kappa shape index (κ1) is 20.9. The Morgan fingerprint density at radius 3 is 2.65 bits per heavy atom. The normalized spacial score (nSPS) is 11.8. The predicted octanol–water partition coefficient (Wildman–Crippen LogP) is 7.17. The third-order valence-electron chi connectivity index (χ3n) is 5.22.